The van der Waals surface area contributed by atoms with E-state index < -0.39 is 11.6 Å². The van der Waals surface area contributed by atoms with E-state index in [-0.39, 0.29) is 17.8 Å². The van der Waals surface area contributed by atoms with Gasteiger partial charge in [-0.2, -0.15) is 0 Å². The van der Waals surface area contributed by atoms with Gasteiger partial charge in [0.25, 0.3) is 0 Å². The van der Waals surface area contributed by atoms with Crippen LogP contribution < -0.4 is 9.64 Å². The monoisotopic (exact) mass is 335 g/mol. The molecule has 1 atom stereocenters. The first-order valence-electron chi connectivity index (χ1n) is 7.86. The van der Waals surface area contributed by atoms with Crippen molar-refractivity contribution < 1.29 is 24.2 Å². The molecule has 3 heterocycles. The van der Waals surface area contributed by atoms with Crippen LogP contribution in [0.2, 0.25) is 0 Å². The Morgan fingerprint density at radius 3 is 2.75 bits per heavy atom. The highest BCUT2D eigenvalue weighted by atomic mass is 16.6. The molecule has 0 aromatic carbocycles. The van der Waals surface area contributed by atoms with Crippen LogP contribution in [0.5, 0.6) is 5.88 Å². The Morgan fingerprint density at radius 1 is 1.33 bits per heavy atom. The van der Waals surface area contributed by atoms with E-state index in [4.69, 9.17) is 14.6 Å². The molecule has 0 saturated carbocycles. The van der Waals surface area contributed by atoms with Crippen molar-refractivity contribution in [2.45, 2.75) is 32.4 Å². The zero-order valence-corrected chi connectivity index (χ0v) is 14.0. The van der Waals surface area contributed by atoms with E-state index in [0.717, 1.165) is 5.69 Å². The average molecular weight is 335 g/mol. The number of hydrogen-bond acceptors (Lipinski definition) is 6. The van der Waals surface area contributed by atoms with Crippen molar-refractivity contribution >= 4 is 17.7 Å². The lowest BCUT2D eigenvalue weighted by atomic mass is 10.1. The molecular formula is C16H21N3O5. The zero-order valence-electron chi connectivity index (χ0n) is 14.0. The van der Waals surface area contributed by atoms with Gasteiger partial charge in [0.15, 0.2) is 5.69 Å². The van der Waals surface area contributed by atoms with Crippen LogP contribution in [0, 0.1) is 0 Å². The molecule has 1 N–H and O–H groups in total. The number of carbonyl (C=O) groups is 2. The maximum atomic E-state index is 12.2. The first-order valence-corrected chi connectivity index (χ1v) is 7.86. The molecule has 0 aliphatic carbocycles. The van der Waals surface area contributed by atoms with E-state index in [1.807, 2.05) is 20.8 Å². The van der Waals surface area contributed by atoms with Crippen molar-refractivity contribution in [2.75, 3.05) is 31.1 Å². The number of aromatic nitrogens is 1. The third-order valence-corrected chi connectivity index (χ3v) is 3.92. The van der Waals surface area contributed by atoms with Crippen LogP contribution in [0.25, 0.3) is 0 Å². The predicted octanol–water partition coefficient (Wildman–Crippen LogP) is 1.60. The topological polar surface area (TPSA) is 92.2 Å². The number of carbonyl (C=O) groups excluding carboxylic acids is 1. The highest BCUT2D eigenvalue weighted by Crippen LogP contribution is 2.34. The summed E-state index contributed by atoms with van der Waals surface area (Å²) in [6.07, 6.45) is -0.327. The number of fused-ring (bicyclic) bond motifs is 3. The van der Waals surface area contributed by atoms with Gasteiger partial charge in [-0.15, -0.1) is 0 Å². The lowest BCUT2D eigenvalue weighted by Crippen LogP contribution is -2.59. The third-order valence-electron chi connectivity index (χ3n) is 3.92. The Labute approximate surface area is 140 Å². The van der Waals surface area contributed by atoms with Gasteiger partial charge in [0.05, 0.1) is 6.04 Å². The minimum atomic E-state index is -1.08. The smallest absolute Gasteiger partial charge is 0.410 e. The first kappa shape index (κ1) is 16.4. The maximum Gasteiger partial charge on any atom is 0.410 e. The Hall–Kier alpha value is -2.51. The number of amides is 1. The zero-order chi connectivity index (χ0) is 17.5. The Kier molecular flexibility index (Phi) is 3.98. The normalized spacial score (nSPS) is 19.9. The highest BCUT2D eigenvalue weighted by Gasteiger charge is 2.36. The lowest BCUT2D eigenvalue weighted by molar-refractivity contribution is 0.0193. The van der Waals surface area contributed by atoms with Gasteiger partial charge in [0.1, 0.15) is 17.9 Å². The number of piperazine rings is 1. The number of rotatable bonds is 1. The number of ether oxygens (including phenoxy) is 2. The number of carboxylic acids is 1. The van der Waals surface area contributed by atoms with Crippen LogP contribution in [-0.2, 0) is 4.74 Å². The van der Waals surface area contributed by atoms with Crippen molar-refractivity contribution in [1.82, 2.24) is 9.88 Å². The predicted molar refractivity (Wildman–Crippen MR) is 85.6 cm³/mol. The van der Waals surface area contributed by atoms with Crippen LogP contribution in [0.15, 0.2) is 12.1 Å². The van der Waals surface area contributed by atoms with E-state index in [1.54, 1.807) is 11.0 Å². The van der Waals surface area contributed by atoms with Crippen molar-refractivity contribution in [1.29, 1.82) is 0 Å². The summed E-state index contributed by atoms with van der Waals surface area (Å²) >= 11 is 0. The van der Waals surface area contributed by atoms with Crippen LogP contribution >= 0.6 is 0 Å². The molecule has 0 spiro atoms. The SMILES string of the molecule is CC(C)(C)OC(=O)N1CCN2c3ccc(C(=O)O)nc3OC[C@H]2C1. The van der Waals surface area contributed by atoms with Crippen molar-refractivity contribution in [2.24, 2.45) is 0 Å². The maximum absolute atomic E-state index is 12.2. The van der Waals surface area contributed by atoms with Gasteiger partial charge < -0.3 is 24.4 Å². The van der Waals surface area contributed by atoms with Gasteiger partial charge in [-0.1, -0.05) is 0 Å². The Bertz CT molecular complexity index is 670. The molecule has 1 fully saturated rings. The molecule has 8 nitrogen and oxygen atoms in total. The van der Waals surface area contributed by atoms with Gasteiger partial charge in [0.2, 0.25) is 5.88 Å². The molecule has 130 valence electrons. The summed E-state index contributed by atoms with van der Waals surface area (Å²) in [5.41, 5.74) is 0.195. The van der Waals surface area contributed by atoms with Crippen LogP contribution in [-0.4, -0.2) is 64.9 Å². The molecule has 8 heteroatoms. The van der Waals surface area contributed by atoms with E-state index in [9.17, 15) is 9.59 Å². The molecule has 1 aromatic rings. The fraction of sp³-hybridized carbons (Fsp3) is 0.562. The van der Waals surface area contributed by atoms with Crippen molar-refractivity contribution in [3.05, 3.63) is 17.8 Å². The molecule has 0 radical (unpaired) electrons. The summed E-state index contributed by atoms with van der Waals surface area (Å²) in [5.74, 6) is -0.755. The standard InChI is InChI=1S/C16H21N3O5/c1-16(2,3)24-15(22)18-6-7-19-10(8-18)9-23-13-12(19)5-4-11(17-13)14(20)21/h4-5,10H,6-9H2,1-3H3,(H,20,21)/t10-/m1/s1. The molecule has 2 aliphatic rings. The van der Waals surface area contributed by atoms with Gasteiger partial charge in [0, 0.05) is 19.6 Å². The minimum absolute atomic E-state index is 0.00348. The second-order valence-corrected chi connectivity index (χ2v) is 6.91. The second kappa shape index (κ2) is 5.85. The lowest BCUT2D eigenvalue weighted by Gasteiger charge is -2.45. The molecule has 1 amide bonds. The quantitative estimate of drug-likeness (QED) is 0.833. The van der Waals surface area contributed by atoms with Crippen LogP contribution in [0.1, 0.15) is 31.3 Å². The molecule has 24 heavy (non-hydrogen) atoms. The van der Waals surface area contributed by atoms with E-state index in [0.29, 0.717) is 32.1 Å². The summed E-state index contributed by atoms with van der Waals surface area (Å²) in [5, 5.41) is 9.02. The number of aromatic carboxylic acids is 1. The second-order valence-electron chi connectivity index (χ2n) is 6.91. The molecular weight excluding hydrogens is 314 g/mol. The molecule has 1 aromatic heterocycles. The number of nitrogens with zero attached hydrogens (tertiary/aromatic N) is 3. The molecule has 1 saturated heterocycles. The van der Waals surface area contributed by atoms with E-state index in [1.165, 1.54) is 6.07 Å². The summed E-state index contributed by atoms with van der Waals surface area (Å²) in [7, 11) is 0. The molecule has 0 unspecified atom stereocenters. The van der Waals surface area contributed by atoms with Gasteiger partial charge in [-0.3, -0.25) is 0 Å². The molecule has 2 aliphatic heterocycles. The third kappa shape index (κ3) is 3.22. The van der Waals surface area contributed by atoms with E-state index >= 15 is 0 Å². The van der Waals surface area contributed by atoms with Gasteiger partial charge in [-0.05, 0) is 32.9 Å². The summed E-state index contributed by atoms with van der Waals surface area (Å²) in [6, 6.07) is 3.17. The number of anilines is 1. The number of pyridine rings is 1. The fourth-order valence-corrected chi connectivity index (χ4v) is 2.86. The van der Waals surface area contributed by atoms with E-state index in [2.05, 4.69) is 9.88 Å². The minimum Gasteiger partial charge on any atom is -0.477 e. The van der Waals surface area contributed by atoms with Crippen LogP contribution in [0.3, 0.4) is 0 Å². The first-order chi connectivity index (χ1) is 11.2. The summed E-state index contributed by atoms with van der Waals surface area (Å²) in [4.78, 5) is 31.1. The average Bonchev–Trinajstić information content (AvgIpc) is 2.51. The Balaban J connectivity index is 1.73. The number of carboxylic acid groups (broad SMARTS) is 1. The molecule has 0 bridgehead atoms. The summed E-state index contributed by atoms with van der Waals surface area (Å²) < 4.78 is 11.0. The summed E-state index contributed by atoms with van der Waals surface area (Å²) in [6.45, 7) is 7.52. The Morgan fingerprint density at radius 2 is 2.08 bits per heavy atom. The van der Waals surface area contributed by atoms with Gasteiger partial charge in [-0.25, -0.2) is 14.6 Å². The number of hydrogen-bond donors (Lipinski definition) is 1. The van der Waals surface area contributed by atoms with Crippen LogP contribution in [0.4, 0.5) is 10.5 Å². The molecule has 3 rings (SSSR count). The highest BCUT2D eigenvalue weighted by molar-refractivity contribution is 5.86. The fourth-order valence-electron chi connectivity index (χ4n) is 2.86. The van der Waals surface area contributed by atoms with Gasteiger partial charge >= 0.3 is 12.1 Å². The van der Waals surface area contributed by atoms with Crippen molar-refractivity contribution in [3.63, 3.8) is 0 Å². The largest absolute Gasteiger partial charge is 0.477 e. The van der Waals surface area contributed by atoms with Crippen molar-refractivity contribution in [3.8, 4) is 5.88 Å².